The molecule has 0 saturated heterocycles. The number of hydrogen-bond acceptors (Lipinski definition) is 3. The summed E-state index contributed by atoms with van der Waals surface area (Å²) in [5.74, 6) is -0.0152. The van der Waals surface area contributed by atoms with Crippen LogP contribution in [0.15, 0.2) is 18.2 Å². The van der Waals surface area contributed by atoms with Gasteiger partial charge in [-0.25, -0.2) is 9.37 Å². The van der Waals surface area contributed by atoms with E-state index in [-0.39, 0.29) is 5.82 Å². The molecular formula is C16H20ClFN2S. The monoisotopic (exact) mass is 326 g/mol. The molecule has 0 amide bonds. The summed E-state index contributed by atoms with van der Waals surface area (Å²) in [5, 5.41) is 4.46. The maximum Gasteiger partial charge on any atom is 0.134 e. The van der Waals surface area contributed by atoms with Gasteiger partial charge in [-0.05, 0) is 31.0 Å². The topological polar surface area (TPSA) is 24.9 Å². The van der Waals surface area contributed by atoms with Gasteiger partial charge in [0.05, 0.1) is 16.3 Å². The Bertz CT molecular complexity index is 590. The zero-order chi connectivity index (χ0) is 15.4. The van der Waals surface area contributed by atoms with Gasteiger partial charge in [0, 0.05) is 11.4 Å². The number of aromatic nitrogens is 1. The van der Waals surface area contributed by atoms with E-state index in [4.69, 9.17) is 11.6 Å². The van der Waals surface area contributed by atoms with E-state index < -0.39 is 0 Å². The zero-order valence-corrected chi connectivity index (χ0v) is 14.1. The van der Waals surface area contributed by atoms with Crippen LogP contribution in [0.5, 0.6) is 0 Å². The first kappa shape index (κ1) is 16.4. The highest BCUT2D eigenvalue weighted by atomic mass is 35.5. The first-order valence-electron chi connectivity index (χ1n) is 7.19. The lowest BCUT2D eigenvalue weighted by Crippen LogP contribution is -2.14. The van der Waals surface area contributed by atoms with E-state index in [1.54, 1.807) is 12.1 Å². The van der Waals surface area contributed by atoms with Gasteiger partial charge in [-0.3, -0.25) is 0 Å². The molecule has 0 spiro atoms. The number of thiazole rings is 1. The molecule has 114 valence electrons. The van der Waals surface area contributed by atoms with Crippen molar-refractivity contribution in [3.63, 3.8) is 0 Å². The molecule has 0 saturated carbocycles. The van der Waals surface area contributed by atoms with Crippen LogP contribution in [0.2, 0.25) is 5.02 Å². The predicted octanol–water partition coefficient (Wildman–Crippen LogP) is 5.23. The van der Waals surface area contributed by atoms with E-state index in [2.05, 4.69) is 31.1 Å². The van der Waals surface area contributed by atoms with Crippen molar-refractivity contribution in [2.24, 2.45) is 0 Å². The highest BCUT2D eigenvalue weighted by Crippen LogP contribution is 2.36. The molecule has 0 fully saturated rings. The van der Waals surface area contributed by atoms with E-state index in [9.17, 15) is 4.39 Å². The molecule has 0 aliphatic heterocycles. The fourth-order valence-corrected chi connectivity index (χ4v) is 3.68. The Morgan fingerprint density at radius 1 is 1.38 bits per heavy atom. The molecule has 2 rings (SSSR count). The van der Waals surface area contributed by atoms with Crippen LogP contribution in [0, 0.1) is 5.82 Å². The summed E-state index contributed by atoms with van der Waals surface area (Å²) in [4.78, 5) is 5.79. The van der Waals surface area contributed by atoms with Crippen molar-refractivity contribution in [3.05, 3.63) is 39.6 Å². The maximum absolute atomic E-state index is 14.1. The number of hydrogen-bond donors (Lipinski definition) is 1. The van der Waals surface area contributed by atoms with Crippen molar-refractivity contribution < 1.29 is 4.39 Å². The largest absolute Gasteiger partial charge is 0.312 e. The number of benzene rings is 1. The summed E-state index contributed by atoms with van der Waals surface area (Å²) < 4.78 is 14.1. The van der Waals surface area contributed by atoms with Gasteiger partial charge in [-0.2, -0.15) is 0 Å². The third kappa shape index (κ3) is 3.82. The van der Waals surface area contributed by atoms with Crippen LogP contribution < -0.4 is 5.32 Å². The first-order chi connectivity index (χ1) is 10.0. The molecule has 1 aromatic carbocycles. The number of rotatable bonds is 6. The lowest BCUT2D eigenvalue weighted by molar-refractivity contribution is 0.631. The van der Waals surface area contributed by atoms with Crippen LogP contribution in [0.4, 0.5) is 4.39 Å². The lowest BCUT2D eigenvalue weighted by Gasteiger charge is -2.05. The molecule has 2 aromatic rings. The SMILES string of the molecule is CCCNCc1sc(-c2c(F)cccc2Cl)nc1C(C)C. The quantitative estimate of drug-likeness (QED) is 0.736. The van der Waals surface area contributed by atoms with Gasteiger partial charge in [-0.1, -0.05) is 38.4 Å². The predicted molar refractivity (Wildman–Crippen MR) is 88.6 cm³/mol. The highest BCUT2D eigenvalue weighted by molar-refractivity contribution is 7.15. The Kier molecular flexibility index (Phi) is 5.73. The second-order valence-corrected chi connectivity index (χ2v) is 6.75. The molecule has 0 atom stereocenters. The summed E-state index contributed by atoms with van der Waals surface area (Å²) >= 11 is 7.66. The molecule has 0 radical (unpaired) electrons. The van der Waals surface area contributed by atoms with Crippen molar-refractivity contribution in [2.75, 3.05) is 6.54 Å². The summed E-state index contributed by atoms with van der Waals surface area (Å²) in [5.41, 5.74) is 1.44. The molecule has 0 aliphatic rings. The maximum atomic E-state index is 14.1. The summed E-state index contributed by atoms with van der Waals surface area (Å²) in [6, 6.07) is 4.74. The van der Waals surface area contributed by atoms with E-state index in [1.165, 1.54) is 17.4 Å². The fraction of sp³-hybridized carbons (Fsp3) is 0.438. The summed E-state index contributed by atoms with van der Waals surface area (Å²) in [7, 11) is 0. The van der Waals surface area contributed by atoms with Gasteiger partial charge in [0.2, 0.25) is 0 Å². The molecule has 1 heterocycles. The van der Waals surface area contributed by atoms with Crippen molar-refractivity contribution in [3.8, 4) is 10.6 Å². The van der Waals surface area contributed by atoms with Crippen molar-refractivity contribution in [1.82, 2.24) is 10.3 Å². The lowest BCUT2D eigenvalue weighted by atomic mass is 10.1. The van der Waals surface area contributed by atoms with E-state index >= 15 is 0 Å². The molecule has 0 bridgehead atoms. The summed E-state index contributed by atoms with van der Waals surface area (Å²) in [6.07, 6.45) is 1.09. The first-order valence-corrected chi connectivity index (χ1v) is 8.38. The molecule has 1 aromatic heterocycles. The van der Waals surface area contributed by atoms with Crippen LogP contribution in [0.3, 0.4) is 0 Å². The van der Waals surface area contributed by atoms with Crippen LogP contribution in [-0.4, -0.2) is 11.5 Å². The number of halogens is 2. The molecular weight excluding hydrogens is 307 g/mol. The molecule has 2 nitrogen and oxygen atoms in total. The molecule has 21 heavy (non-hydrogen) atoms. The third-order valence-corrected chi connectivity index (χ3v) is 4.57. The average molecular weight is 327 g/mol. The Morgan fingerprint density at radius 2 is 2.14 bits per heavy atom. The second-order valence-electron chi connectivity index (χ2n) is 5.26. The summed E-state index contributed by atoms with van der Waals surface area (Å²) in [6.45, 7) is 8.07. The molecule has 5 heteroatoms. The molecule has 1 N–H and O–H groups in total. The Balaban J connectivity index is 2.39. The van der Waals surface area contributed by atoms with Crippen LogP contribution in [-0.2, 0) is 6.54 Å². The standard InChI is InChI=1S/C16H20ClFN2S/c1-4-8-19-9-13-15(10(2)3)20-16(21-13)14-11(17)6-5-7-12(14)18/h5-7,10,19H,4,8-9H2,1-3H3. The molecule has 0 unspecified atom stereocenters. The zero-order valence-electron chi connectivity index (χ0n) is 12.5. The fourth-order valence-electron chi connectivity index (χ4n) is 2.13. The van der Waals surface area contributed by atoms with Crippen molar-refractivity contribution in [1.29, 1.82) is 0 Å². The van der Waals surface area contributed by atoms with Crippen LogP contribution in [0.1, 0.15) is 43.7 Å². The normalized spacial score (nSPS) is 11.3. The third-order valence-electron chi connectivity index (χ3n) is 3.16. The number of nitrogens with zero attached hydrogens (tertiary/aromatic N) is 1. The minimum absolute atomic E-state index is 0.305. The van der Waals surface area contributed by atoms with Gasteiger partial charge in [0.25, 0.3) is 0 Å². The van der Waals surface area contributed by atoms with Gasteiger partial charge < -0.3 is 5.32 Å². The van der Waals surface area contributed by atoms with Gasteiger partial charge in [0.15, 0.2) is 0 Å². The van der Waals surface area contributed by atoms with E-state index in [0.29, 0.717) is 21.5 Å². The van der Waals surface area contributed by atoms with Gasteiger partial charge >= 0.3 is 0 Å². The second kappa shape index (κ2) is 7.34. The smallest absolute Gasteiger partial charge is 0.134 e. The van der Waals surface area contributed by atoms with Crippen LogP contribution in [0.25, 0.3) is 10.6 Å². The van der Waals surface area contributed by atoms with Crippen LogP contribution >= 0.6 is 22.9 Å². The average Bonchev–Trinajstić information content (AvgIpc) is 2.83. The minimum Gasteiger partial charge on any atom is -0.312 e. The Morgan fingerprint density at radius 3 is 2.76 bits per heavy atom. The van der Waals surface area contributed by atoms with Gasteiger partial charge in [-0.15, -0.1) is 11.3 Å². The van der Waals surface area contributed by atoms with Crippen molar-refractivity contribution in [2.45, 2.75) is 39.7 Å². The minimum atomic E-state index is -0.320. The number of nitrogens with one attached hydrogen (secondary N) is 1. The Labute approximate surface area is 134 Å². The van der Waals surface area contributed by atoms with Crippen molar-refractivity contribution >= 4 is 22.9 Å². The molecule has 0 aliphatic carbocycles. The van der Waals surface area contributed by atoms with E-state index in [1.807, 2.05) is 0 Å². The van der Waals surface area contributed by atoms with Gasteiger partial charge in [0.1, 0.15) is 10.8 Å². The Hall–Kier alpha value is -0.970. The highest BCUT2D eigenvalue weighted by Gasteiger charge is 2.19. The van der Waals surface area contributed by atoms with E-state index in [0.717, 1.165) is 30.1 Å².